The summed E-state index contributed by atoms with van der Waals surface area (Å²) < 4.78 is 11.5. The zero-order valence-electron chi connectivity index (χ0n) is 36.4. The third-order valence-electron chi connectivity index (χ3n) is 10.9. The molecule has 0 saturated carbocycles. The van der Waals surface area contributed by atoms with Crippen molar-refractivity contribution in [3.05, 3.63) is 107 Å². The number of hydrogen-bond donors (Lipinski definition) is 6. The Morgan fingerprint density at radius 3 is 2.09 bits per heavy atom. The van der Waals surface area contributed by atoms with Crippen LogP contribution < -0.4 is 41.8 Å². The van der Waals surface area contributed by atoms with Crippen LogP contribution in [-0.2, 0) is 35.2 Å². The van der Waals surface area contributed by atoms with E-state index in [2.05, 4.69) is 26.6 Å². The Bertz CT molecular complexity index is 2360. The maximum atomic E-state index is 14.4. The van der Waals surface area contributed by atoms with E-state index in [4.69, 9.17) is 26.8 Å². The van der Waals surface area contributed by atoms with Gasteiger partial charge in [0.25, 0.3) is 11.8 Å². The Labute approximate surface area is 377 Å². The van der Waals surface area contributed by atoms with Gasteiger partial charge in [-0.05, 0) is 104 Å². The number of likely N-dealkylation sites (N-methyl/N-ethyl adjacent to an activating group) is 2. The first-order chi connectivity index (χ1) is 30.7. The first-order valence-electron chi connectivity index (χ1n) is 20.8. The largest absolute Gasteiger partial charge is 0.496 e. The maximum absolute atomic E-state index is 14.4. The van der Waals surface area contributed by atoms with Gasteiger partial charge in [-0.2, -0.15) is 0 Å². The van der Waals surface area contributed by atoms with Crippen molar-refractivity contribution in [2.45, 2.75) is 56.7 Å². The number of fused-ring (bicyclic) bond motifs is 5. The summed E-state index contributed by atoms with van der Waals surface area (Å²) >= 11 is 6.05. The van der Waals surface area contributed by atoms with Crippen LogP contribution in [0.1, 0.15) is 53.6 Å². The predicted octanol–water partition coefficient (Wildman–Crippen LogP) is 3.14. The van der Waals surface area contributed by atoms with Gasteiger partial charge in [0.1, 0.15) is 29.6 Å². The van der Waals surface area contributed by atoms with Crippen molar-refractivity contribution in [2.24, 2.45) is 5.73 Å². The molecule has 338 valence electrons. The van der Waals surface area contributed by atoms with E-state index in [1.165, 1.54) is 40.1 Å². The molecule has 1 aliphatic heterocycles. The van der Waals surface area contributed by atoms with E-state index in [-0.39, 0.29) is 19.4 Å². The van der Waals surface area contributed by atoms with Gasteiger partial charge in [0.15, 0.2) is 0 Å². The quantitative estimate of drug-likeness (QED) is 0.0712. The number of ether oxygens (including phenoxy) is 2. The SMILES string of the molecule is CNC(=O)C(=O)CNC(=O)C1Cc2ccc(OC)c(c2)-c2cc(ccc2OC)C(CN(C)C(=O)C(CCCCN)NC(=O)c2ccc(-c3ccc(Cl)cc3)cc2)C(=O)NC(C)C(=O)N1. The summed E-state index contributed by atoms with van der Waals surface area (Å²) in [5.41, 5.74) is 10.1. The number of halogens is 1. The van der Waals surface area contributed by atoms with Gasteiger partial charge in [0.2, 0.25) is 29.4 Å². The zero-order valence-corrected chi connectivity index (χ0v) is 37.2. The van der Waals surface area contributed by atoms with Gasteiger partial charge in [-0.3, -0.25) is 33.6 Å². The van der Waals surface area contributed by atoms with Crippen LogP contribution in [0.4, 0.5) is 0 Å². The number of Topliss-reactive ketones (excluding diaryl/α,β-unsaturated/α-hetero) is 1. The molecule has 17 heteroatoms. The lowest BCUT2D eigenvalue weighted by atomic mass is 9.91. The number of methoxy groups -OCH3 is 2. The smallest absolute Gasteiger partial charge is 0.289 e. The van der Waals surface area contributed by atoms with Crippen LogP contribution >= 0.6 is 11.6 Å². The molecule has 0 saturated heterocycles. The number of ketones is 1. The molecular formula is C47H54ClN7O9. The van der Waals surface area contributed by atoms with Crippen molar-refractivity contribution < 1.29 is 43.0 Å². The predicted molar refractivity (Wildman–Crippen MR) is 242 cm³/mol. The molecule has 4 aromatic carbocycles. The third kappa shape index (κ3) is 12.2. The molecular weight excluding hydrogens is 842 g/mol. The highest BCUT2D eigenvalue weighted by molar-refractivity contribution is 6.37. The highest BCUT2D eigenvalue weighted by Gasteiger charge is 2.33. The molecule has 0 aliphatic carbocycles. The first kappa shape index (κ1) is 48.3. The molecule has 4 atom stereocenters. The Morgan fingerprint density at radius 1 is 0.844 bits per heavy atom. The lowest BCUT2D eigenvalue weighted by Crippen LogP contribution is -2.55. The highest BCUT2D eigenvalue weighted by Crippen LogP contribution is 2.39. The summed E-state index contributed by atoms with van der Waals surface area (Å²) in [4.78, 5) is 95.1. The molecule has 6 amide bonds. The average Bonchev–Trinajstić information content (AvgIpc) is 3.30. The van der Waals surface area contributed by atoms with Gasteiger partial charge < -0.3 is 46.7 Å². The Morgan fingerprint density at radius 2 is 1.47 bits per heavy atom. The second-order valence-electron chi connectivity index (χ2n) is 15.4. The normalized spacial score (nSPS) is 16.5. The minimum atomic E-state index is -1.24. The van der Waals surface area contributed by atoms with Crippen LogP contribution in [0, 0.1) is 0 Å². The number of unbranched alkanes of at least 4 members (excludes halogenated alkanes) is 1. The molecule has 1 heterocycles. The van der Waals surface area contributed by atoms with Crippen molar-refractivity contribution in [2.75, 3.05) is 47.9 Å². The Kier molecular flexibility index (Phi) is 17.0. The summed E-state index contributed by atoms with van der Waals surface area (Å²) in [6, 6.07) is 21.2. The molecule has 0 spiro atoms. The van der Waals surface area contributed by atoms with Crippen LogP contribution in [0.2, 0.25) is 5.02 Å². The maximum Gasteiger partial charge on any atom is 0.289 e. The van der Waals surface area contributed by atoms with E-state index in [1.807, 2.05) is 24.3 Å². The van der Waals surface area contributed by atoms with Crippen molar-refractivity contribution in [1.82, 2.24) is 31.5 Å². The van der Waals surface area contributed by atoms with Crippen molar-refractivity contribution in [3.8, 4) is 33.8 Å². The first-order valence-corrected chi connectivity index (χ1v) is 21.2. The molecule has 7 N–H and O–H groups in total. The number of carbonyl (C=O) groups is 7. The molecule has 0 fully saturated rings. The minimum absolute atomic E-state index is 0.0430. The van der Waals surface area contributed by atoms with Gasteiger partial charge in [-0.25, -0.2) is 0 Å². The molecule has 5 rings (SSSR count). The lowest BCUT2D eigenvalue weighted by Gasteiger charge is -2.29. The summed E-state index contributed by atoms with van der Waals surface area (Å²) in [6.45, 7) is 1.05. The fourth-order valence-corrected chi connectivity index (χ4v) is 7.42. The molecule has 4 aromatic rings. The van der Waals surface area contributed by atoms with E-state index in [1.54, 1.807) is 60.7 Å². The second kappa shape index (κ2) is 22.5. The van der Waals surface area contributed by atoms with Crippen molar-refractivity contribution in [1.29, 1.82) is 0 Å². The molecule has 1 aliphatic rings. The van der Waals surface area contributed by atoms with Crippen molar-refractivity contribution in [3.63, 3.8) is 0 Å². The third-order valence-corrected chi connectivity index (χ3v) is 11.2. The molecule has 4 unspecified atom stereocenters. The van der Waals surface area contributed by atoms with Crippen LogP contribution in [-0.4, -0.2) is 112 Å². The number of nitrogens with zero attached hydrogens (tertiary/aromatic N) is 1. The lowest BCUT2D eigenvalue weighted by molar-refractivity contribution is -0.138. The topological polar surface area (TPSA) is 227 Å². The number of rotatable bonds is 16. The Balaban J connectivity index is 1.47. The van der Waals surface area contributed by atoms with Crippen LogP contribution in [0.3, 0.4) is 0 Å². The highest BCUT2D eigenvalue weighted by atomic mass is 35.5. The average molecular weight is 896 g/mol. The molecule has 0 aromatic heterocycles. The van der Waals surface area contributed by atoms with E-state index in [0.29, 0.717) is 63.7 Å². The summed E-state index contributed by atoms with van der Waals surface area (Å²) in [5, 5.41) is 13.6. The Hall–Kier alpha value is -6.78. The number of amides is 6. The summed E-state index contributed by atoms with van der Waals surface area (Å²) in [5.74, 6) is -4.96. The van der Waals surface area contributed by atoms with Crippen molar-refractivity contribution >= 4 is 52.8 Å². The second-order valence-corrected chi connectivity index (χ2v) is 15.8. The van der Waals surface area contributed by atoms with Crippen LogP contribution in [0.25, 0.3) is 22.3 Å². The standard InChI is InChI=1S/C47H54ClN7O9/c1-27-42(57)54-38(45(60)51-25-39(56)46(61)50-2)23-28-9-19-40(63-4)34(22-28)35-24-32(16-20-41(35)64-5)36(44(59)52-27)26-55(3)47(62)37(8-6-7-21-49)53-43(58)31-12-10-29(11-13-31)30-14-17-33(48)18-15-30/h9-20,22,24,27,36-38H,6-8,21,23,25-26,49H2,1-5H3,(H,50,61)(H,51,60)(H,52,59)(H,53,58)(H,54,57). The van der Waals surface area contributed by atoms with E-state index < -0.39 is 71.8 Å². The van der Waals surface area contributed by atoms with E-state index in [9.17, 15) is 33.6 Å². The van der Waals surface area contributed by atoms with E-state index in [0.717, 1.165) is 11.1 Å². The zero-order chi connectivity index (χ0) is 46.5. The number of nitrogens with two attached hydrogens (primary N) is 1. The molecule has 64 heavy (non-hydrogen) atoms. The van der Waals surface area contributed by atoms with Gasteiger partial charge in [0, 0.05) is 48.8 Å². The van der Waals surface area contributed by atoms with Gasteiger partial charge in [0.05, 0.1) is 26.7 Å². The fraction of sp³-hybridized carbons (Fsp3) is 0.340. The monoisotopic (exact) mass is 895 g/mol. The molecule has 4 bridgehead atoms. The van der Waals surface area contributed by atoms with Gasteiger partial charge >= 0.3 is 0 Å². The number of hydrogen-bond acceptors (Lipinski definition) is 10. The minimum Gasteiger partial charge on any atom is -0.496 e. The van der Waals surface area contributed by atoms with Crippen LogP contribution in [0.15, 0.2) is 84.9 Å². The van der Waals surface area contributed by atoms with E-state index >= 15 is 0 Å². The fourth-order valence-electron chi connectivity index (χ4n) is 7.29. The van der Waals surface area contributed by atoms with Gasteiger partial charge in [-0.15, -0.1) is 0 Å². The molecule has 16 nitrogen and oxygen atoms in total. The number of benzene rings is 4. The number of nitrogens with one attached hydrogen (secondary N) is 5. The number of carbonyl (C=O) groups excluding carboxylic acids is 7. The van der Waals surface area contributed by atoms with Crippen LogP contribution in [0.5, 0.6) is 11.5 Å². The summed E-state index contributed by atoms with van der Waals surface area (Å²) in [7, 11) is 5.81. The molecule has 0 radical (unpaired) electrons. The van der Waals surface area contributed by atoms with Gasteiger partial charge in [-0.1, -0.05) is 48.0 Å². The summed E-state index contributed by atoms with van der Waals surface area (Å²) in [6.07, 6.45) is 1.39.